The Bertz CT molecular complexity index is 233. The third kappa shape index (κ3) is 17.4. The number of unbranched alkanes of at least 4 members (excludes halogenated alkanes) is 3. The number of carbonyl (C=O) groups is 1. The number of carbonyl (C=O) groups excluding carboxylic acids is 1. The summed E-state index contributed by atoms with van der Waals surface area (Å²) in [4.78, 5) is 11.2. The molecule has 5 nitrogen and oxygen atoms in total. The largest absolute Gasteiger partial charge is 0.466 e. The standard InChI is InChI=1S/C17H34O5/c1-3-5-6-7-11-19-13-15-21-16-14-20-12-8-9-17(18)22-10-4-2/h3-16H2,1-2H3. The minimum Gasteiger partial charge on any atom is -0.466 e. The molecule has 0 aromatic heterocycles. The van der Waals surface area contributed by atoms with Gasteiger partial charge in [-0.1, -0.05) is 33.1 Å². The summed E-state index contributed by atoms with van der Waals surface area (Å²) in [5.74, 6) is -0.141. The van der Waals surface area contributed by atoms with E-state index in [1.807, 2.05) is 6.92 Å². The lowest BCUT2D eigenvalue weighted by Gasteiger charge is -2.07. The molecule has 0 aromatic rings. The predicted octanol–water partition coefficient (Wildman–Crippen LogP) is 3.35. The fraction of sp³-hybridized carbons (Fsp3) is 0.941. The van der Waals surface area contributed by atoms with Gasteiger partial charge in [-0.3, -0.25) is 4.79 Å². The van der Waals surface area contributed by atoms with E-state index in [1.165, 1.54) is 19.3 Å². The van der Waals surface area contributed by atoms with Crippen molar-refractivity contribution in [3.63, 3.8) is 0 Å². The Labute approximate surface area is 135 Å². The second kappa shape index (κ2) is 18.4. The SMILES string of the molecule is CCCCCCOCCOCCOCCCC(=O)OCCC. The molecule has 0 spiro atoms. The van der Waals surface area contributed by atoms with Gasteiger partial charge in [-0.15, -0.1) is 0 Å². The molecule has 0 saturated carbocycles. The molecule has 0 aliphatic rings. The summed E-state index contributed by atoms with van der Waals surface area (Å²) in [6, 6.07) is 0. The molecule has 0 aliphatic carbocycles. The molecule has 0 N–H and O–H groups in total. The van der Waals surface area contributed by atoms with Crippen molar-refractivity contribution in [3.05, 3.63) is 0 Å². The highest BCUT2D eigenvalue weighted by Crippen LogP contribution is 1.98. The third-order valence-electron chi connectivity index (χ3n) is 3.02. The van der Waals surface area contributed by atoms with Crippen LogP contribution in [0.4, 0.5) is 0 Å². The number of ether oxygens (including phenoxy) is 4. The Hall–Kier alpha value is -0.650. The summed E-state index contributed by atoms with van der Waals surface area (Å²) < 4.78 is 21.2. The van der Waals surface area contributed by atoms with Crippen molar-refractivity contribution in [2.75, 3.05) is 46.2 Å². The molecule has 0 aromatic carbocycles. The average Bonchev–Trinajstić information content (AvgIpc) is 2.53. The van der Waals surface area contributed by atoms with Crippen LogP contribution in [0.1, 0.15) is 58.8 Å². The highest BCUT2D eigenvalue weighted by Gasteiger charge is 2.01. The van der Waals surface area contributed by atoms with Crippen molar-refractivity contribution in [2.45, 2.75) is 58.8 Å². The van der Waals surface area contributed by atoms with Crippen molar-refractivity contribution >= 4 is 5.97 Å². The molecule has 0 fully saturated rings. The summed E-state index contributed by atoms with van der Waals surface area (Å²) in [7, 11) is 0. The number of hydrogen-bond acceptors (Lipinski definition) is 5. The van der Waals surface area contributed by atoms with E-state index in [0.29, 0.717) is 52.5 Å². The molecule has 0 atom stereocenters. The van der Waals surface area contributed by atoms with Crippen LogP contribution in [0.3, 0.4) is 0 Å². The van der Waals surface area contributed by atoms with E-state index in [-0.39, 0.29) is 5.97 Å². The molecular weight excluding hydrogens is 284 g/mol. The lowest BCUT2D eigenvalue weighted by Crippen LogP contribution is -2.11. The minimum absolute atomic E-state index is 0.141. The molecular formula is C17H34O5. The van der Waals surface area contributed by atoms with Gasteiger partial charge in [-0.25, -0.2) is 0 Å². The zero-order valence-corrected chi connectivity index (χ0v) is 14.4. The first-order valence-corrected chi connectivity index (χ1v) is 8.70. The molecule has 0 bridgehead atoms. The highest BCUT2D eigenvalue weighted by atomic mass is 16.5. The van der Waals surface area contributed by atoms with E-state index in [2.05, 4.69) is 6.92 Å². The van der Waals surface area contributed by atoms with Crippen molar-refractivity contribution in [1.29, 1.82) is 0 Å². The van der Waals surface area contributed by atoms with E-state index in [4.69, 9.17) is 18.9 Å². The summed E-state index contributed by atoms with van der Waals surface area (Å²) >= 11 is 0. The van der Waals surface area contributed by atoms with Crippen LogP contribution in [0.15, 0.2) is 0 Å². The van der Waals surface area contributed by atoms with Crippen LogP contribution in [-0.4, -0.2) is 52.2 Å². The Morgan fingerprint density at radius 2 is 1.23 bits per heavy atom. The van der Waals surface area contributed by atoms with Crippen LogP contribution < -0.4 is 0 Å². The van der Waals surface area contributed by atoms with Crippen molar-refractivity contribution in [1.82, 2.24) is 0 Å². The number of rotatable bonds is 17. The molecule has 22 heavy (non-hydrogen) atoms. The molecule has 0 unspecified atom stereocenters. The fourth-order valence-electron chi connectivity index (χ4n) is 1.78. The van der Waals surface area contributed by atoms with Gasteiger partial charge in [0, 0.05) is 19.6 Å². The fourth-order valence-corrected chi connectivity index (χ4v) is 1.78. The topological polar surface area (TPSA) is 54.0 Å². The molecule has 0 heterocycles. The first-order valence-electron chi connectivity index (χ1n) is 8.70. The zero-order chi connectivity index (χ0) is 16.3. The normalized spacial score (nSPS) is 10.8. The van der Waals surface area contributed by atoms with Crippen LogP contribution in [0.2, 0.25) is 0 Å². The second-order valence-corrected chi connectivity index (χ2v) is 5.22. The predicted molar refractivity (Wildman–Crippen MR) is 87.1 cm³/mol. The van der Waals surface area contributed by atoms with Gasteiger partial charge in [-0.2, -0.15) is 0 Å². The van der Waals surface area contributed by atoms with Crippen molar-refractivity contribution in [2.24, 2.45) is 0 Å². The first kappa shape index (κ1) is 21.4. The monoisotopic (exact) mass is 318 g/mol. The molecule has 0 saturated heterocycles. The van der Waals surface area contributed by atoms with Gasteiger partial charge in [0.15, 0.2) is 0 Å². The van der Waals surface area contributed by atoms with Crippen LogP contribution in [0, 0.1) is 0 Å². The summed E-state index contributed by atoms with van der Waals surface area (Å²) in [6.45, 7) is 8.47. The zero-order valence-electron chi connectivity index (χ0n) is 14.4. The van der Waals surface area contributed by atoms with E-state index in [0.717, 1.165) is 19.4 Å². The summed E-state index contributed by atoms with van der Waals surface area (Å²) in [5.41, 5.74) is 0. The van der Waals surface area contributed by atoms with Crippen LogP contribution in [-0.2, 0) is 23.7 Å². The van der Waals surface area contributed by atoms with Crippen LogP contribution in [0.25, 0.3) is 0 Å². The van der Waals surface area contributed by atoms with Gasteiger partial charge >= 0.3 is 5.97 Å². The Morgan fingerprint density at radius 1 is 0.636 bits per heavy atom. The van der Waals surface area contributed by atoms with Gasteiger partial charge < -0.3 is 18.9 Å². The molecule has 0 rings (SSSR count). The number of esters is 1. The quantitative estimate of drug-likeness (QED) is 0.304. The Morgan fingerprint density at radius 3 is 1.82 bits per heavy atom. The van der Waals surface area contributed by atoms with E-state index >= 15 is 0 Å². The van der Waals surface area contributed by atoms with E-state index in [1.54, 1.807) is 0 Å². The third-order valence-corrected chi connectivity index (χ3v) is 3.02. The molecule has 132 valence electrons. The van der Waals surface area contributed by atoms with E-state index < -0.39 is 0 Å². The van der Waals surface area contributed by atoms with Gasteiger partial charge in [0.05, 0.1) is 33.0 Å². The van der Waals surface area contributed by atoms with Gasteiger partial charge in [0.2, 0.25) is 0 Å². The maximum Gasteiger partial charge on any atom is 0.305 e. The van der Waals surface area contributed by atoms with Crippen LogP contribution in [0.5, 0.6) is 0 Å². The highest BCUT2D eigenvalue weighted by molar-refractivity contribution is 5.69. The molecule has 5 heteroatoms. The Balaban J connectivity index is 3.04. The minimum atomic E-state index is -0.141. The summed E-state index contributed by atoms with van der Waals surface area (Å²) in [5, 5.41) is 0. The average molecular weight is 318 g/mol. The second-order valence-electron chi connectivity index (χ2n) is 5.22. The molecule has 0 aliphatic heterocycles. The maximum absolute atomic E-state index is 11.2. The molecule has 0 radical (unpaired) electrons. The van der Waals surface area contributed by atoms with E-state index in [9.17, 15) is 4.79 Å². The Kier molecular flexibility index (Phi) is 17.9. The molecule has 0 amide bonds. The van der Waals surface area contributed by atoms with Crippen molar-refractivity contribution < 1.29 is 23.7 Å². The smallest absolute Gasteiger partial charge is 0.305 e. The maximum atomic E-state index is 11.2. The van der Waals surface area contributed by atoms with Crippen LogP contribution >= 0.6 is 0 Å². The lowest BCUT2D eigenvalue weighted by molar-refractivity contribution is -0.144. The number of hydrogen-bond donors (Lipinski definition) is 0. The van der Waals surface area contributed by atoms with Gasteiger partial charge in [-0.05, 0) is 19.3 Å². The van der Waals surface area contributed by atoms with Gasteiger partial charge in [0.25, 0.3) is 0 Å². The van der Waals surface area contributed by atoms with Crippen molar-refractivity contribution in [3.8, 4) is 0 Å². The first-order chi connectivity index (χ1) is 10.8. The van der Waals surface area contributed by atoms with Gasteiger partial charge in [0.1, 0.15) is 0 Å². The summed E-state index contributed by atoms with van der Waals surface area (Å²) in [6.07, 6.45) is 6.91. The lowest BCUT2D eigenvalue weighted by atomic mass is 10.2.